The predicted octanol–water partition coefficient (Wildman–Crippen LogP) is 2.14. The number of aryl methyl sites for hydroxylation is 1. The third-order valence-electron chi connectivity index (χ3n) is 2.50. The normalized spacial score (nSPS) is 10.4. The summed E-state index contributed by atoms with van der Waals surface area (Å²) < 4.78 is 16.3. The molecule has 0 aromatic heterocycles. The van der Waals surface area contributed by atoms with Gasteiger partial charge in [0.15, 0.2) is 11.5 Å². The maximum Gasteiger partial charge on any atom is 0.161 e. The minimum absolute atomic E-state index is 0.627. The van der Waals surface area contributed by atoms with Crippen molar-refractivity contribution in [2.75, 3.05) is 33.5 Å². The van der Waals surface area contributed by atoms with Crippen molar-refractivity contribution in [2.24, 2.45) is 5.73 Å². The molecule has 0 spiro atoms. The third-order valence-corrected chi connectivity index (χ3v) is 2.50. The Morgan fingerprint density at radius 1 is 1.06 bits per heavy atom. The molecule has 0 radical (unpaired) electrons. The van der Waals surface area contributed by atoms with Crippen LogP contribution < -0.4 is 15.2 Å². The lowest BCUT2D eigenvalue weighted by molar-refractivity contribution is 0.118. The quantitative estimate of drug-likeness (QED) is 0.685. The second kappa shape index (κ2) is 8.78. The van der Waals surface area contributed by atoms with Crippen molar-refractivity contribution in [3.8, 4) is 11.5 Å². The standard InChI is InChI=1S/C14H23NO3/c1-12-5-6-13(14(11-12)16-2)18-10-4-9-17-8-3-7-15/h5-6,11H,3-4,7-10,15H2,1-2H3. The summed E-state index contributed by atoms with van der Waals surface area (Å²) >= 11 is 0. The van der Waals surface area contributed by atoms with Crippen molar-refractivity contribution in [3.63, 3.8) is 0 Å². The van der Waals surface area contributed by atoms with Crippen molar-refractivity contribution >= 4 is 0 Å². The van der Waals surface area contributed by atoms with Crippen LogP contribution in [0.3, 0.4) is 0 Å². The van der Waals surface area contributed by atoms with E-state index in [2.05, 4.69) is 0 Å². The molecule has 0 fully saturated rings. The molecule has 0 unspecified atom stereocenters. The predicted molar refractivity (Wildman–Crippen MR) is 72.3 cm³/mol. The topological polar surface area (TPSA) is 53.7 Å². The van der Waals surface area contributed by atoms with Crippen molar-refractivity contribution in [2.45, 2.75) is 19.8 Å². The van der Waals surface area contributed by atoms with Gasteiger partial charge in [0.05, 0.1) is 13.7 Å². The van der Waals surface area contributed by atoms with Gasteiger partial charge in [0.1, 0.15) is 0 Å². The molecule has 0 saturated heterocycles. The number of rotatable bonds is 9. The van der Waals surface area contributed by atoms with Crippen molar-refractivity contribution in [3.05, 3.63) is 23.8 Å². The lowest BCUT2D eigenvalue weighted by atomic mass is 10.2. The molecule has 0 bridgehead atoms. The molecule has 0 aliphatic carbocycles. The first-order valence-electron chi connectivity index (χ1n) is 6.33. The molecular formula is C14H23NO3. The van der Waals surface area contributed by atoms with Gasteiger partial charge in [0.25, 0.3) is 0 Å². The summed E-state index contributed by atoms with van der Waals surface area (Å²) in [5.41, 5.74) is 6.53. The van der Waals surface area contributed by atoms with Crippen LogP contribution in [-0.4, -0.2) is 33.5 Å². The summed E-state index contributed by atoms with van der Waals surface area (Å²) in [5.74, 6) is 1.56. The fourth-order valence-corrected chi connectivity index (χ4v) is 1.52. The summed E-state index contributed by atoms with van der Waals surface area (Å²) in [7, 11) is 1.65. The summed E-state index contributed by atoms with van der Waals surface area (Å²) in [6, 6.07) is 5.91. The van der Waals surface area contributed by atoms with Crippen LogP contribution in [0.15, 0.2) is 18.2 Å². The Kier molecular flexibility index (Phi) is 7.22. The van der Waals surface area contributed by atoms with E-state index in [0.29, 0.717) is 19.8 Å². The lowest BCUT2D eigenvalue weighted by Crippen LogP contribution is -2.07. The number of hydrogen-bond acceptors (Lipinski definition) is 4. The molecule has 0 aliphatic rings. The van der Waals surface area contributed by atoms with E-state index in [4.69, 9.17) is 19.9 Å². The zero-order valence-corrected chi connectivity index (χ0v) is 11.3. The molecule has 2 N–H and O–H groups in total. The maximum atomic E-state index is 5.66. The Balaban J connectivity index is 2.22. The van der Waals surface area contributed by atoms with Gasteiger partial charge in [0, 0.05) is 19.6 Å². The molecule has 0 amide bonds. The van der Waals surface area contributed by atoms with Crippen LogP contribution in [0.4, 0.5) is 0 Å². The smallest absolute Gasteiger partial charge is 0.161 e. The summed E-state index contributed by atoms with van der Waals surface area (Å²) in [4.78, 5) is 0. The number of nitrogens with two attached hydrogens (primary N) is 1. The second-order valence-corrected chi connectivity index (χ2v) is 4.11. The first kappa shape index (κ1) is 14.8. The van der Waals surface area contributed by atoms with Gasteiger partial charge in [-0.25, -0.2) is 0 Å². The van der Waals surface area contributed by atoms with Crippen LogP contribution in [0.1, 0.15) is 18.4 Å². The third kappa shape index (κ3) is 5.38. The van der Waals surface area contributed by atoms with Gasteiger partial charge in [-0.3, -0.25) is 0 Å². The highest BCUT2D eigenvalue weighted by Gasteiger charge is 2.03. The average Bonchev–Trinajstić information content (AvgIpc) is 2.39. The minimum Gasteiger partial charge on any atom is -0.493 e. The fourth-order valence-electron chi connectivity index (χ4n) is 1.52. The number of benzene rings is 1. The van der Waals surface area contributed by atoms with Crippen molar-refractivity contribution < 1.29 is 14.2 Å². The Labute approximate surface area is 109 Å². The van der Waals surface area contributed by atoms with Crippen LogP contribution in [0.5, 0.6) is 11.5 Å². The van der Waals surface area contributed by atoms with E-state index in [1.54, 1.807) is 7.11 Å². The Morgan fingerprint density at radius 3 is 2.56 bits per heavy atom. The molecule has 102 valence electrons. The zero-order valence-electron chi connectivity index (χ0n) is 11.3. The first-order chi connectivity index (χ1) is 8.77. The van der Waals surface area contributed by atoms with E-state index in [1.165, 1.54) is 0 Å². The molecule has 0 atom stereocenters. The van der Waals surface area contributed by atoms with E-state index < -0.39 is 0 Å². The van der Waals surface area contributed by atoms with Gasteiger partial charge in [-0.2, -0.15) is 0 Å². The highest BCUT2D eigenvalue weighted by atomic mass is 16.5. The average molecular weight is 253 g/mol. The van der Waals surface area contributed by atoms with Gasteiger partial charge >= 0.3 is 0 Å². The van der Waals surface area contributed by atoms with Crippen LogP contribution in [0.25, 0.3) is 0 Å². The molecule has 18 heavy (non-hydrogen) atoms. The van der Waals surface area contributed by atoms with Gasteiger partial charge < -0.3 is 19.9 Å². The lowest BCUT2D eigenvalue weighted by Gasteiger charge is -2.11. The van der Waals surface area contributed by atoms with Gasteiger partial charge in [-0.05, 0) is 37.6 Å². The largest absolute Gasteiger partial charge is 0.493 e. The van der Waals surface area contributed by atoms with Crippen LogP contribution in [0.2, 0.25) is 0 Å². The van der Waals surface area contributed by atoms with Gasteiger partial charge in [-0.1, -0.05) is 6.07 Å². The zero-order chi connectivity index (χ0) is 13.2. The number of hydrogen-bond donors (Lipinski definition) is 1. The van der Waals surface area contributed by atoms with Crippen molar-refractivity contribution in [1.82, 2.24) is 0 Å². The molecular weight excluding hydrogens is 230 g/mol. The van der Waals surface area contributed by atoms with Crippen LogP contribution >= 0.6 is 0 Å². The molecule has 0 saturated carbocycles. The second-order valence-electron chi connectivity index (χ2n) is 4.11. The van der Waals surface area contributed by atoms with E-state index >= 15 is 0 Å². The first-order valence-corrected chi connectivity index (χ1v) is 6.33. The highest BCUT2D eigenvalue weighted by molar-refractivity contribution is 5.42. The Hall–Kier alpha value is -1.26. The summed E-state index contributed by atoms with van der Waals surface area (Å²) in [6.07, 6.45) is 1.77. The fraction of sp³-hybridized carbons (Fsp3) is 0.571. The summed E-state index contributed by atoms with van der Waals surface area (Å²) in [5, 5.41) is 0. The Bertz CT molecular complexity index is 342. The molecule has 1 aromatic carbocycles. The molecule has 4 nitrogen and oxygen atoms in total. The van der Waals surface area contributed by atoms with E-state index in [1.807, 2.05) is 25.1 Å². The molecule has 0 heterocycles. The summed E-state index contributed by atoms with van der Waals surface area (Å²) in [6.45, 7) is 4.76. The maximum absolute atomic E-state index is 5.66. The number of methoxy groups -OCH3 is 1. The SMILES string of the molecule is COc1cc(C)ccc1OCCCOCCCN. The highest BCUT2D eigenvalue weighted by Crippen LogP contribution is 2.27. The number of ether oxygens (including phenoxy) is 3. The molecule has 1 rings (SSSR count). The monoisotopic (exact) mass is 253 g/mol. The molecule has 0 aliphatic heterocycles. The van der Waals surface area contributed by atoms with Gasteiger partial charge in [0.2, 0.25) is 0 Å². The Morgan fingerprint density at radius 2 is 1.83 bits per heavy atom. The van der Waals surface area contributed by atoms with E-state index in [0.717, 1.165) is 36.5 Å². The van der Waals surface area contributed by atoms with Gasteiger partial charge in [-0.15, -0.1) is 0 Å². The minimum atomic E-state index is 0.627. The van der Waals surface area contributed by atoms with E-state index in [9.17, 15) is 0 Å². The van der Waals surface area contributed by atoms with E-state index in [-0.39, 0.29) is 0 Å². The van der Waals surface area contributed by atoms with Crippen LogP contribution in [-0.2, 0) is 4.74 Å². The van der Waals surface area contributed by atoms with Crippen LogP contribution in [0, 0.1) is 6.92 Å². The molecule has 1 aromatic rings. The molecule has 4 heteroatoms. The van der Waals surface area contributed by atoms with Crippen molar-refractivity contribution in [1.29, 1.82) is 0 Å².